The number of benzene rings is 5. The molecule has 0 aromatic heterocycles. The molecule has 0 aliphatic carbocycles. The summed E-state index contributed by atoms with van der Waals surface area (Å²) in [5.41, 5.74) is 5.01. The summed E-state index contributed by atoms with van der Waals surface area (Å²) in [6.45, 7) is 3.97. The zero-order chi connectivity index (χ0) is 31.6. The second kappa shape index (κ2) is 15.2. The molecule has 0 fully saturated rings. The number of halogens is 4. The number of alkyl halides is 3. The molecule has 0 atom stereocenters. The lowest BCUT2D eigenvalue weighted by Gasteiger charge is -2.29. The van der Waals surface area contributed by atoms with Gasteiger partial charge in [0.2, 0.25) is 0 Å². The topological polar surface area (TPSA) is 24.5 Å². The maximum Gasteiger partial charge on any atom is 0.417 e. The van der Waals surface area contributed by atoms with Gasteiger partial charge in [-0.1, -0.05) is 109 Å². The number of anilines is 2. The van der Waals surface area contributed by atoms with Crippen molar-refractivity contribution in [2.24, 2.45) is 0 Å². The van der Waals surface area contributed by atoms with Crippen molar-refractivity contribution in [3.8, 4) is 5.75 Å². The van der Waals surface area contributed by atoms with Crippen LogP contribution in [0.4, 0.5) is 24.5 Å². The molecular formula is C38H36ClF3N2O. The molecule has 7 heteroatoms. The van der Waals surface area contributed by atoms with Gasteiger partial charge in [0.25, 0.3) is 0 Å². The fraction of sp³-hybridized carbons (Fsp3) is 0.211. The fourth-order valence-electron chi connectivity index (χ4n) is 5.44. The van der Waals surface area contributed by atoms with Gasteiger partial charge in [0.05, 0.1) is 17.2 Å². The van der Waals surface area contributed by atoms with Gasteiger partial charge in [0.15, 0.2) is 0 Å². The Bertz CT molecular complexity index is 1620. The molecule has 5 rings (SSSR count). The molecule has 1 N–H and O–H groups in total. The highest BCUT2D eigenvalue weighted by molar-refractivity contribution is 6.32. The van der Waals surface area contributed by atoms with Crippen LogP contribution < -0.4 is 10.1 Å². The number of nitrogens with zero attached hydrogens (tertiary/aromatic N) is 1. The van der Waals surface area contributed by atoms with Gasteiger partial charge in [-0.05, 0) is 59.9 Å². The molecule has 3 nitrogen and oxygen atoms in total. The molecule has 0 aliphatic heterocycles. The van der Waals surface area contributed by atoms with Gasteiger partial charge in [-0.25, -0.2) is 0 Å². The van der Waals surface area contributed by atoms with E-state index in [4.69, 9.17) is 16.3 Å². The predicted octanol–water partition coefficient (Wildman–Crippen LogP) is 10.5. The lowest BCUT2D eigenvalue weighted by atomic mass is 9.90. The first-order valence-electron chi connectivity index (χ1n) is 15.0. The minimum atomic E-state index is -4.52. The fourth-order valence-corrected chi connectivity index (χ4v) is 5.73. The van der Waals surface area contributed by atoms with E-state index in [0.717, 1.165) is 39.9 Å². The van der Waals surface area contributed by atoms with Crippen molar-refractivity contribution in [1.82, 2.24) is 4.90 Å². The molecule has 0 heterocycles. The van der Waals surface area contributed by atoms with E-state index >= 15 is 0 Å². The summed E-state index contributed by atoms with van der Waals surface area (Å²) in [6, 6.07) is 40.4. The Morgan fingerprint density at radius 3 is 2.09 bits per heavy atom. The van der Waals surface area contributed by atoms with Crippen LogP contribution >= 0.6 is 11.6 Å². The normalized spacial score (nSPS) is 11.6. The Morgan fingerprint density at radius 2 is 1.42 bits per heavy atom. The van der Waals surface area contributed by atoms with E-state index in [9.17, 15) is 13.2 Å². The van der Waals surface area contributed by atoms with Gasteiger partial charge in [0.1, 0.15) is 5.75 Å². The monoisotopic (exact) mass is 628 g/mol. The molecular weight excluding hydrogens is 593 g/mol. The first-order valence-corrected chi connectivity index (χ1v) is 15.4. The SMILES string of the molecule is Cc1ccccc1Nc1cccc(OCCCN(Cc2cccc(C(F)(F)F)c2Cl)CC(c2ccccc2)c2ccccc2)c1. The minimum absolute atomic E-state index is 0.0158. The average Bonchev–Trinajstić information content (AvgIpc) is 3.04. The number of para-hydroxylation sites is 1. The maximum absolute atomic E-state index is 13.7. The molecule has 5 aromatic rings. The van der Waals surface area contributed by atoms with Crippen LogP contribution in [-0.4, -0.2) is 24.6 Å². The van der Waals surface area contributed by atoms with Crippen molar-refractivity contribution in [1.29, 1.82) is 0 Å². The molecule has 45 heavy (non-hydrogen) atoms. The molecule has 0 amide bonds. The molecule has 0 aliphatic rings. The van der Waals surface area contributed by atoms with E-state index in [1.807, 2.05) is 78.9 Å². The predicted molar refractivity (Wildman–Crippen MR) is 177 cm³/mol. The molecule has 0 unspecified atom stereocenters. The Balaban J connectivity index is 1.32. The van der Waals surface area contributed by atoms with Crippen molar-refractivity contribution >= 4 is 23.0 Å². The highest BCUT2D eigenvalue weighted by atomic mass is 35.5. The molecule has 5 aromatic carbocycles. The van der Waals surface area contributed by atoms with Crippen LogP contribution in [-0.2, 0) is 12.7 Å². The number of hydrogen-bond acceptors (Lipinski definition) is 3. The lowest BCUT2D eigenvalue weighted by Crippen LogP contribution is -2.31. The Hall–Kier alpha value is -4.26. The van der Waals surface area contributed by atoms with Crippen molar-refractivity contribution in [2.75, 3.05) is 25.0 Å². The van der Waals surface area contributed by atoms with E-state index < -0.39 is 11.7 Å². The van der Waals surface area contributed by atoms with Crippen molar-refractivity contribution < 1.29 is 17.9 Å². The van der Waals surface area contributed by atoms with Crippen LogP contribution in [0.5, 0.6) is 5.75 Å². The van der Waals surface area contributed by atoms with Crippen molar-refractivity contribution in [3.63, 3.8) is 0 Å². The molecule has 0 spiro atoms. The van der Waals surface area contributed by atoms with Crippen LogP contribution in [0.15, 0.2) is 127 Å². The summed E-state index contributed by atoms with van der Waals surface area (Å²) < 4.78 is 47.2. The van der Waals surface area contributed by atoms with Crippen LogP contribution in [0.1, 0.15) is 40.2 Å². The summed E-state index contributed by atoms with van der Waals surface area (Å²) in [5, 5.41) is 3.19. The number of nitrogens with one attached hydrogen (secondary N) is 1. The third-order valence-electron chi connectivity index (χ3n) is 7.77. The Kier molecular flexibility index (Phi) is 10.8. The van der Waals surface area contributed by atoms with E-state index in [-0.39, 0.29) is 17.5 Å². The van der Waals surface area contributed by atoms with Gasteiger partial charge >= 0.3 is 6.18 Å². The standard InChI is InChI=1S/C38H36ClF3N2O/c1-28-13-8-9-22-36(28)43-32-19-11-20-33(25-32)45-24-12-23-44(26-31-18-10-21-35(37(31)39)38(40,41)42)27-34(29-14-4-2-5-15-29)30-16-6-3-7-17-30/h2-11,13-22,25,34,43H,12,23-24,26-27H2,1H3. The lowest BCUT2D eigenvalue weighted by molar-refractivity contribution is -0.137. The third kappa shape index (κ3) is 8.90. The van der Waals surface area contributed by atoms with Crippen LogP contribution in [0, 0.1) is 6.92 Å². The highest BCUT2D eigenvalue weighted by Gasteiger charge is 2.34. The second-order valence-electron chi connectivity index (χ2n) is 11.1. The molecule has 232 valence electrons. The van der Waals surface area contributed by atoms with Crippen LogP contribution in [0.2, 0.25) is 5.02 Å². The van der Waals surface area contributed by atoms with Gasteiger partial charge in [-0.15, -0.1) is 0 Å². The summed E-state index contributed by atoms with van der Waals surface area (Å²) in [6.07, 6.45) is -3.85. The zero-order valence-electron chi connectivity index (χ0n) is 25.1. The number of ether oxygens (including phenoxy) is 1. The first-order chi connectivity index (χ1) is 21.8. The molecule has 0 bridgehead atoms. The number of hydrogen-bond donors (Lipinski definition) is 1. The molecule has 0 radical (unpaired) electrons. The van der Waals surface area contributed by atoms with Gasteiger partial charge in [-0.3, -0.25) is 4.90 Å². The van der Waals surface area contributed by atoms with E-state index in [0.29, 0.717) is 31.7 Å². The first kappa shape index (κ1) is 32.1. The van der Waals surface area contributed by atoms with Crippen molar-refractivity contribution in [2.45, 2.75) is 32.0 Å². The highest BCUT2D eigenvalue weighted by Crippen LogP contribution is 2.37. The Morgan fingerprint density at radius 1 is 0.778 bits per heavy atom. The summed E-state index contributed by atoms with van der Waals surface area (Å²) >= 11 is 6.35. The maximum atomic E-state index is 13.7. The average molecular weight is 629 g/mol. The molecule has 0 saturated carbocycles. The molecule has 0 saturated heterocycles. The zero-order valence-corrected chi connectivity index (χ0v) is 25.9. The largest absolute Gasteiger partial charge is 0.493 e. The summed E-state index contributed by atoms with van der Waals surface area (Å²) in [5.74, 6) is 0.759. The number of aryl methyl sites for hydroxylation is 1. The third-order valence-corrected chi connectivity index (χ3v) is 8.21. The Labute approximate surface area is 268 Å². The quantitative estimate of drug-likeness (QED) is 0.131. The second-order valence-corrected chi connectivity index (χ2v) is 11.4. The summed E-state index contributed by atoms with van der Waals surface area (Å²) in [4.78, 5) is 2.17. The van der Waals surface area contributed by atoms with Gasteiger partial charge in [-0.2, -0.15) is 13.2 Å². The van der Waals surface area contributed by atoms with E-state index in [1.165, 1.54) is 6.07 Å². The van der Waals surface area contributed by atoms with Gasteiger partial charge < -0.3 is 10.1 Å². The van der Waals surface area contributed by atoms with Crippen LogP contribution in [0.25, 0.3) is 0 Å². The van der Waals surface area contributed by atoms with Crippen molar-refractivity contribution in [3.05, 3.63) is 160 Å². The van der Waals surface area contributed by atoms with Gasteiger partial charge in [0, 0.05) is 43.0 Å². The number of rotatable bonds is 13. The summed E-state index contributed by atoms with van der Waals surface area (Å²) in [7, 11) is 0. The minimum Gasteiger partial charge on any atom is -0.493 e. The smallest absolute Gasteiger partial charge is 0.417 e. The van der Waals surface area contributed by atoms with E-state index in [2.05, 4.69) is 47.5 Å². The van der Waals surface area contributed by atoms with E-state index in [1.54, 1.807) is 6.07 Å². The van der Waals surface area contributed by atoms with Crippen LogP contribution in [0.3, 0.4) is 0 Å².